The zero-order chi connectivity index (χ0) is 14.7. The summed E-state index contributed by atoms with van der Waals surface area (Å²) >= 11 is 1.44. The van der Waals surface area contributed by atoms with Gasteiger partial charge >= 0.3 is 0 Å². The van der Waals surface area contributed by atoms with Gasteiger partial charge in [-0.25, -0.2) is 9.37 Å². The van der Waals surface area contributed by atoms with Gasteiger partial charge in [0.25, 0.3) is 0 Å². The summed E-state index contributed by atoms with van der Waals surface area (Å²) in [6, 6.07) is 4.86. The number of nitrogens with zero attached hydrogens (tertiary/aromatic N) is 1. The number of halogens is 1. The van der Waals surface area contributed by atoms with Crippen molar-refractivity contribution in [3.63, 3.8) is 0 Å². The molecule has 0 atom stereocenters. The lowest BCUT2D eigenvalue weighted by atomic mass is 10.1. The van der Waals surface area contributed by atoms with E-state index in [0.717, 1.165) is 5.13 Å². The number of thiazole rings is 1. The number of carbonyl (C=O) groups is 1. The van der Waals surface area contributed by atoms with Gasteiger partial charge in [-0.1, -0.05) is 0 Å². The third kappa shape index (κ3) is 3.54. The van der Waals surface area contributed by atoms with Gasteiger partial charge in [0.05, 0.1) is 5.69 Å². The molecule has 0 spiro atoms. The summed E-state index contributed by atoms with van der Waals surface area (Å²) in [5.41, 5.74) is 1.45. The van der Waals surface area contributed by atoms with Crippen LogP contribution < -0.4 is 10.6 Å². The van der Waals surface area contributed by atoms with E-state index in [2.05, 4.69) is 15.6 Å². The van der Waals surface area contributed by atoms with Crippen molar-refractivity contribution in [3.8, 4) is 11.3 Å². The summed E-state index contributed by atoms with van der Waals surface area (Å²) < 4.78 is 14.1. The zero-order valence-corrected chi connectivity index (χ0v) is 12.3. The molecule has 1 aromatic heterocycles. The summed E-state index contributed by atoms with van der Waals surface area (Å²) in [4.78, 5) is 15.3. The predicted molar refractivity (Wildman–Crippen MR) is 80.6 cm³/mol. The smallest absolute Gasteiger partial charge is 0.221 e. The van der Waals surface area contributed by atoms with Gasteiger partial charge in [0.2, 0.25) is 5.91 Å². The Morgan fingerprint density at radius 3 is 2.75 bits per heavy atom. The predicted octanol–water partition coefficient (Wildman–Crippen LogP) is 3.73. The molecule has 0 aliphatic rings. The van der Waals surface area contributed by atoms with Gasteiger partial charge in [-0.05, 0) is 32.0 Å². The minimum atomic E-state index is -0.405. The van der Waals surface area contributed by atoms with Gasteiger partial charge < -0.3 is 10.6 Å². The summed E-state index contributed by atoms with van der Waals surface area (Å²) in [7, 11) is 0. The quantitative estimate of drug-likeness (QED) is 0.903. The molecule has 0 saturated carbocycles. The Morgan fingerprint density at radius 2 is 2.15 bits per heavy atom. The second kappa shape index (κ2) is 6.00. The lowest BCUT2D eigenvalue weighted by Crippen LogP contribution is -2.09. The molecule has 2 N–H and O–H groups in total. The Balaban J connectivity index is 2.24. The van der Waals surface area contributed by atoms with Crippen LogP contribution in [0.15, 0.2) is 23.6 Å². The van der Waals surface area contributed by atoms with Crippen LogP contribution in [0.5, 0.6) is 0 Å². The second-order valence-electron chi connectivity index (χ2n) is 4.71. The van der Waals surface area contributed by atoms with Crippen LogP contribution in [0.1, 0.15) is 20.8 Å². The minimum Gasteiger partial charge on any atom is -0.359 e. The first-order valence-electron chi connectivity index (χ1n) is 6.25. The zero-order valence-electron chi connectivity index (χ0n) is 11.5. The first-order valence-corrected chi connectivity index (χ1v) is 7.13. The van der Waals surface area contributed by atoms with E-state index in [1.165, 1.54) is 24.3 Å². The minimum absolute atomic E-state index is 0.228. The summed E-state index contributed by atoms with van der Waals surface area (Å²) in [5, 5.41) is 8.30. The fraction of sp³-hybridized carbons (Fsp3) is 0.286. The Bertz CT molecular complexity index is 625. The molecule has 0 saturated heterocycles. The highest BCUT2D eigenvalue weighted by Gasteiger charge is 2.11. The average molecular weight is 293 g/mol. The average Bonchev–Trinajstić information content (AvgIpc) is 2.75. The number of benzene rings is 1. The molecule has 0 radical (unpaired) electrons. The Morgan fingerprint density at radius 1 is 1.40 bits per heavy atom. The van der Waals surface area contributed by atoms with E-state index in [1.54, 1.807) is 17.5 Å². The molecule has 4 nitrogen and oxygen atoms in total. The van der Waals surface area contributed by atoms with Gasteiger partial charge in [-0.3, -0.25) is 4.79 Å². The third-order valence-electron chi connectivity index (χ3n) is 2.48. The molecule has 0 aliphatic carbocycles. The first kappa shape index (κ1) is 14.5. The maximum Gasteiger partial charge on any atom is 0.221 e. The van der Waals surface area contributed by atoms with E-state index in [1.807, 2.05) is 13.8 Å². The second-order valence-corrected chi connectivity index (χ2v) is 5.57. The summed E-state index contributed by atoms with van der Waals surface area (Å²) in [6.07, 6.45) is 0. The normalized spacial score (nSPS) is 10.7. The van der Waals surface area contributed by atoms with Crippen molar-refractivity contribution in [3.05, 3.63) is 29.4 Å². The van der Waals surface area contributed by atoms with Crippen LogP contribution in [-0.4, -0.2) is 16.9 Å². The number of anilines is 2. The fourth-order valence-corrected chi connectivity index (χ4v) is 2.57. The molecule has 1 aromatic carbocycles. The maximum atomic E-state index is 14.1. The SMILES string of the molecule is CC(=O)Nc1ccc(-c2csc(NC(C)C)n2)c(F)c1. The number of hydrogen-bond donors (Lipinski definition) is 2. The Kier molecular flexibility index (Phi) is 4.34. The van der Waals surface area contributed by atoms with Crippen LogP contribution in [0.3, 0.4) is 0 Å². The van der Waals surface area contributed by atoms with Gasteiger partial charge in [-0.15, -0.1) is 11.3 Å². The standard InChI is InChI=1S/C14H16FN3OS/c1-8(2)16-14-18-13(7-20-14)11-5-4-10(6-12(11)15)17-9(3)19/h4-8H,1-3H3,(H,16,18)(H,17,19). The van der Waals surface area contributed by atoms with Crippen molar-refractivity contribution < 1.29 is 9.18 Å². The Hall–Kier alpha value is -1.95. The molecule has 1 heterocycles. The molecule has 0 aliphatic heterocycles. The third-order valence-corrected chi connectivity index (χ3v) is 3.26. The van der Waals surface area contributed by atoms with Crippen LogP contribution >= 0.6 is 11.3 Å². The van der Waals surface area contributed by atoms with Crippen LogP contribution in [0.2, 0.25) is 0 Å². The van der Waals surface area contributed by atoms with Crippen molar-refractivity contribution in [2.75, 3.05) is 10.6 Å². The topological polar surface area (TPSA) is 54.0 Å². The van der Waals surface area contributed by atoms with Crippen LogP contribution in [0.25, 0.3) is 11.3 Å². The summed E-state index contributed by atoms with van der Waals surface area (Å²) in [5.74, 6) is -0.633. The maximum absolute atomic E-state index is 14.1. The van der Waals surface area contributed by atoms with Crippen molar-refractivity contribution in [2.45, 2.75) is 26.8 Å². The number of aromatic nitrogens is 1. The molecule has 0 unspecified atom stereocenters. The van der Waals surface area contributed by atoms with Crippen molar-refractivity contribution in [1.29, 1.82) is 0 Å². The molecule has 6 heteroatoms. The van der Waals surface area contributed by atoms with Gasteiger partial charge in [0.1, 0.15) is 5.82 Å². The van der Waals surface area contributed by atoms with Crippen LogP contribution in [-0.2, 0) is 4.79 Å². The highest BCUT2D eigenvalue weighted by atomic mass is 32.1. The van der Waals surface area contributed by atoms with Crippen molar-refractivity contribution in [2.24, 2.45) is 0 Å². The van der Waals surface area contributed by atoms with Gasteiger partial charge in [0, 0.05) is 29.6 Å². The lowest BCUT2D eigenvalue weighted by molar-refractivity contribution is -0.114. The van der Waals surface area contributed by atoms with Crippen LogP contribution in [0.4, 0.5) is 15.2 Å². The van der Waals surface area contributed by atoms with E-state index >= 15 is 0 Å². The number of amides is 1. The fourth-order valence-electron chi connectivity index (χ4n) is 1.71. The largest absolute Gasteiger partial charge is 0.359 e. The molecule has 1 amide bonds. The van der Waals surface area contributed by atoms with Gasteiger partial charge in [0.15, 0.2) is 5.13 Å². The number of nitrogens with one attached hydrogen (secondary N) is 2. The first-order chi connectivity index (χ1) is 9.45. The molecule has 2 aromatic rings. The number of rotatable bonds is 4. The van der Waals surface area contributed by atoms with E-state index < -0.39 is 5.82 Å². The lowest BCUT2D eigenvalue weighted by Gasteiger charge is -2.06. The molecular weight excluding hydrogens is 277 g/mol. The van der Waals surface area contributed by atoms with E-state index in [-0.39, 0.29) is 11.9 Å². The van der Waals surface area contributed by atoms with Crippen molar-refractivity contribution >= 4 is 28.1 Å². The molecule has 0 fully saturated rings. The Labute approximate surface area is 121 Å². The molecule has 0 bridgehead atoms. The monoisotopic (exact) mass is 293 g/mol. The summed E-state index contributed by atoms with van der Waals surface area (Å²) in [6.45, 7) is 5.42. The highest BCUT2D eigenvalue weighted by molar-refractivity contribution is 7.14. The molecule has 2 rings (SSSR count). The van der Waals surface area contributed by atoms with Crippen molar-refractivity contribution in [1.82, 2.24) is 4.98 Å². The number of carbonyl (C=O) groups excluding carboxylic acids is 1. The van der Waals surface area contributed by atoms with Crippen LogP contribution in [0, 0.1) is 5.82 Å². The molecular formula is C14H16FN3OS. The molecule has 106 valence electrons. The molecule has 20 heavy (non-hydrogen) atoms. The number of hydrogen-bond acceptors (Lipinski definition) is 4. The van der Waals surface area contributed by atoms with E-state index in [4.69, 9.17) is 0 Å². The van der Waals surface area contributed by atoms with E-state index in [0.29, 0.717) is 16.9 Å². The highest BCUT2D eigenvalue weighted by Crippen LogP contribution is 2.28. The van der Waals surface area contributed by atoms with E-state index in [9.17, 15) is 9.18 Å². The van der Waals surface area contributed by atoms with Gasteiger partial charge in [-0.2, -0.15) is 0 Å².